The maximum absolute atomic E-state index is 5.59. The molecule has 3 heteroatoms. The number of aromatic nitrogens is 1. The van der Waals surface area contributed by atoms with E-state index in [9.17, 15) is 0 Å². The Hall–Kier alpha value is -0.410. The third kappa shape index (κ3) is 1.98. The van der Waals surface area contributed by atoms with Crippen LogP contribution in [0.4, 0.5) is 0 Å². The Morgan fingerprint density at radius 3 is 2.79 bits per heavy atom. The summed E-state index contributed by atoms with van der Waals surface area (Å²) in [5.74, 6) is 0.650. The standard InChI is InChI=1S/C11H14BrNO/c1-8(2)4-11(7-14-11)9-3-10(12)6-13-5-9/h3,5-6,8H,4,7H2,1-2H3. The molecule has 1 unspecified atom stereocenters. The van der Waals surface area contributed by atoms with Crippen LogP contribution >= 0.6 is 15.9 Å². The first-order valence-corrected chi connectivity index (χ1v) is 5.67. The molecule has 0 bridgehead atoms. The molecule has 0 N–H and O–H groups in total. The van der Waals surface area contributed by atoms with Gasteiger partial charge in [-0.15, -0.1) is 0 Å². The molecule has 2 nitrogen and oxygen atoms in total. The highest BCUT2D eigenvalue weighted by atomic mass is 79.9. The highest BCUT2D eigenvalue weighted by Gasteiger charge is 2.46. The molecule has 1 aliphatic heterocycles. The number of pyridine rings is 1. The molecule has 1 aromatic rings. The van der Waals surface area contributed by atoms with Crippen molar-refractivity contribution < 1.29 is 4.74 Å². The van der Waals surface area contributed by atoms with Gasteiger partial charge in [-0.1, -0.05) is 13.8 Å². The third-order valence-electron chi connectivity index (χ3n) is 2.46. The minimum atomic E-state index is -0.0368. The van der Waals surface area contributed by atoms with Gasteiger partial charge in [0.25, 0.3) is 0 Å². The fourth-order valence-corrected chi connectivity index (χ4v) is 2.17. The number of nitrogens with zero attached hydrogens (tertiary/aromatic N) is 1. The molecule has 2 heterocycles. The van der Waals surface area contributed by atoms with E-state index in [1.54, 1.807) is 6.20 Å². The molecule has 1 saturated heterocycles. The van der Waals surface area contributed by atoms with Gasteiger partial charge >= 0.3 is 0 Å². The number of epoxide rings is 1. The third-order valence-corrected chi connectivity index (χ3v) is 2.90. The van der Waals surface area contributed by atoms with Crippen molar-refractivity contribution in [2.45, 2.75) is 25.9 Å². The van der Waals surface area contributed by atoms with E-state index >= 15 is 0 Å². The molecule has 0 aromatic carbocycles. The van der Waals surface area contributed by atoms with E-state index in [2.05, 4.69) is 40.8 Å². The van der Waals surface area contributed by atoms with E-state index in [0.717, 1.165) is 17.5 Å². The zero-order chi connectivity index (χ0) is 10.2. The number of ether oxygens (including phenoxy) is 1. The minimum absolute atomic E-state index is 0.0368. The molecule has 2 rings (SSSR count). The van der Waals surface area contributed by atoms with Crippen LogP contribution in [0.1, 0.15) is 25.8 Å². The first kappa shape index (κ1) is 10.1. The monoisotopic (exact) mass is 255 g/mol. The molecule has 0 spiro atoms. The van der Waals surface area contributed by atoms with E-state index in [1.807, 2.05) is 6.20 Å². The molecule has 1 aliphatic rings. The van der Waals surface area contributed by atoms with Crippen molar-refractivity contribution in [3.63, 3.8) is 0 Å². The molecule has 76 valence electrons. The van der Waals surface area contributed by atoms with Crippen LogP contribution in [0.5, 0.6) is 0 Å². The second-order valence-electron chi connectivity index (χ2n) is 4.27. The molecule has 0 radical (unpaired) electrons. The lowest BCUT2D eigenvalue weighted by Crippen LogP contribution is -2.12. The normalized spacial score (nSPS) is 25.4. The lowest BCUT2D eigenvalue weighted by Gasteiger charge is -2.14. The molecule has 0 aliphatic carbocycles. The Bertz CT molecular complexity index is 334. The number of halogens is 1. The van der Waals surface area contributed by atoms with E-state index in [1.165, 1.54) is 5.56 Å². The van der Waals surface area contributed by atoms with Crippen LogP contribution in [0.25, 0.3) is 0 Å². The number of hydrogen-bond donors (Lipinski definition) is 0. The lowest BCUT2D eigenvalue weighted by molar-refractivity contribution is 0.266. The smallest absolute Gasteiger partial charge is 0.118 e. The maximum atomic E-state index is 5.59. The summed E-state index contributed by atoms with van der Waals surface area (Å²) in [4.78, 5) is 4.17. The van der Waals surface area contributed by atoms with Crippen LogP contribution in [-0.4, -0.2) is 11.6 Å². The van der Waals surface area contributed by atoms with E-state index < -0.39 is 0 Å². The Balaban J connectivity index is 2.22. The summed E-state index contributed by atoms with van der Waals surface area (Å²) in [5, 5.41) is 0. The molecule has 1 atom stereocenters. The van der Waals surface area contributed by atoms with Gasteiger partial charge in [0.2, 0.25) is 0 Å². The van der Waals surface area contributed by atoms with Crippen molar-refractivity contribution in [2.75, 3.05) is 6.61 Å². The SMILES string of the molecule is CC(C)CC1(c2cncc(Br)c2)CO1. The molecule has 14 heavy (non-hydrogen) atoms. The summed E-state index contributed by atoms with van der Waals surface area (Å²) < 4.78 is 6.61. The molecular weight excluding hydrogens is 242 g/mol. The summed E-state index contributed by atoms with van der Waals surface area (Å²) in [6, 6.07) is 2.10. The summed E-state index contributed by atoms with van der Waals surface area (Å²) in [5.41, 5.74) is 1.16. The fraction of sp³-hybridized carbons (Fsp3) is 0.545. The number of hydrogen-bond acceptors (Lipinski definition) is 2. The molecular formula is C11H14BrNO. The van der Waals surface area contributed by atoms with Crippen LogP contribution < -0.4 is 0 Å². The van der Waals surface area contributed by atoms with Gasteiger partial charge in [0, 0.05) is 22.4 Å². The predicted molar refractivity (Wildman–Crippen MR) is 59.0 cm³/mol. The minimum Gasteiger partial charge on any atom is -0.364 e. The Morgan fingerprint density at radius 1 is 1.57 bits per heavy atom. The first-order valence-electron chi connectivity index (χ1n) is 4.87. The summed E-state index contributed by atoms with van der Waals surface area (Å²) in [6.07, 6.45) is 4.78. The first-order chi connectivity index (χ1) is 6.62. The topological polar surface area (TPSA) is 25.4 Å². The fourth-order valence-electron chi connectivity index (χ4n) is 1.81. The van der Waals surface area contributed by atoms with Crippen LogP contribution in [0, 0.1) is 5.92 Å². The Kier molecular flexibility index (Phi) is 2.62. The van der Waals surface area contributed by atoms with Crippen molar-refractivity contribution >= 4 is 15.9 Å². The lowest BCUT2D eigenvalue weighted by atomic mass is 9.92. The van der Waals surface area contributed by atoms with E-state index in [0.29, 0.717) is 5.92 Å². The largest absolute Gasteiger partial charge is 0.364 e. The van der Waals surface area contributed by atoms with Crippen molar-refractivity contribution in [3.05, 3.63) is 28.5 Å². The Morgan fingerprint density at radius 2 is 2.29 bits per heavy atom. The van der Waals surface area contributed by atoms with Gasteiger partial charge in [0.05, 0.1) is 6.61 Å². The predicted octanol–water partition coefficient (Wildman–Crippen LogP) is 3.12. The second kappa shape index (κ2) is 3.63. The van der Waals surface area contributed by atoms with Gasteiger partial charge in [0.15, 0.2) is 0 Å². The van der Waals surface area contributed by atoms with Gasteiger partial charge in [-0.3, -0.25) is 4.98 Å². The zero-order valence-corrected chi connectivity index (χ0v) is 10.0. The highest BCUT2D eigenvalue weighted by molar-refractivity contribution is 9.10. The van der Waals surface area contributed by atoms with Crippen LogP contribution in [0.3, 0.4) is 0 Å². The molecule has 1 aromatic heterocycles. The molecule has 1 fully saturated rings. The van der Waals surface area contributed by atoms with Gasteiger partial charge in [-0.25, -0.2) is 0 Å². The molecule has 0 amide bonds. The maximum Gasteiger partial charge on any atom is 0.118 e. The summed E-state index contributed by atoms with van der Waals surface area (Å²) in [6.45, 7) is 5.27. The van der Waals surface area contributed by atoms with Gasteiger partial charge in [0.1, 0.15) is 5.60 Å². The van der Waals surface area contributed by atoms with Crippen molar-refractivity contribution in [1.82, 2.24) is 4.98 Å². The second-order valence-corrected chi connectivity index (χ2v) is 5.19. The summed E-state index contributed by atoms with van der Waals surface area (Å²) in [7, 11) is 0. The van der Waals surface area contributed by atoms with Gasteiger partial charge < -0.3 is 4.74 Å². The number of rotatable bonds is 3. The van der Waals surface area contributed by atoms with Gasteiger partial charge in [-0.05, 0) is 34.3 Å². The highest BCUT2D eigenvalue weighted by Crippen LogP contribution is 2.44. The summed E-state index contributed by atoms with van der Waals surface area (Å²) >= 11 is 3.43. The van der Waals surface area contributed by atoms with Crippen LogP contribution in [0.15, 0.2) is 22.9 Å². The zero-order valence-electron chi connectivity index (χ0n) is 8.46. The van der Waals surface area contributed by atoms with Crippen molar-refractivity contribution in [1.29, 1.82) is 0 Å². The van der Waals surface area contributed by atoms with Crippen molar-refractivity contribution in [3.8, 4) is 0 Å². The van der Waals surface area contributed by atoms with Crippen LogP contribution in [0.2, 0.25) is 0 Å². The average Bonchev–Trinajstić information content (AvgIpc) is 2.84. The van der Waals surface area contributed by atoms with Crippen molar-refractivity contribution in [2.24, 2.45) is 5.92 Å². The van der Waals surface area contributed by atoms with Crippen LogP contribution in [-0.2, 0) is 10.3 Å². The average molecular weight is 256 g/mol. The Labute approximate surface area is 92.8 Å². The quantitative estimate of drug-likeness (QED) is 0.776. The molecule has 0 saturated carbocycles. The van der Waals surface area contributed by atoms with E-state index in [4.69, 9.17) is 4.74 Å². The van der Waals surface area contributed by atoms with Gasteiger partial charge in [-0.2, -0.15) is 0 Å². The van der Waals surface area contributed by atoms with E-state index in [-0.39, 0.29) is 5.60 Å².